The van der Waals surface area contributed by atoms with Crippen LogP contribution in [0.4, 0.5) is 0 Å². The van der Waals surface area contributed by atoms with E-state index in [-0.39, 0.29) is 48.8 Å². The number of rotatable bonds is 20. The van der Waals surface area contributed by atoms with E-state index in [1.165, 1.54) is 0 Å². The largest absolute Gasteiger partial charge is 0.347 e. The van der Waals surface area contributed by atoms with Gasteiger partial charge in [-0.1, -0.05) is 0 Å². The van der Waals surface area contributed by atoms with Crippen LogP contribution in [0.3, 0.4) is 0 Å². The fourth-order valence-corrected chi connectivity index (χ4v) is 20.5. The number of nitrogens with one attached hydrogen (secondary N) is 4. The fraction of sp³-hybridized carbons (Fsp3) is 0.895. The molecule has 388 valence electrons. The van der Waals surface area contributed by atoms with E-state index in [4.69, 9.17) is 132 Å². The van der Waals surface area contributed by atoms with Crippen LogP contribution < -0.4 is 20.3 Å². The minimum atomic E-state index is -3.06. The predicted octanol–water partition coefficient (Wildman–Crippen LogP) is 9.78. The molecule has 1 fully saturated rings. The molecule has 0 atom stereocenters. The first-order chi connectivity index (χ1) is 30.3. The molecule has 0 aromatic carbocycles. The molecule has 1 aliphatic heterocycles. The molecule has 0 spiro atoms. The van der Waals surface area contributed by atoms with E-state index >= 15 is 0 Å². The summed E-state index contributed by atoms with van der Waals surface area (Å²) in [5.41, 5.74) is 0. The highest BCUT2D eigenvalue weighted by atomic mass is 32.5. The minimum absolute atomic E-state index is 0.204. The Labute approximate surface area is 440 Å². The molecular weight excluding hydrogens is 1080 g/mol. The van der Waals surface area contributed by atoms with Crippen molar-refractivity contribution in [2.24, 2.45) is 0 Å². The van der Waals surface area contributed by atoms with E-state index in [2.05, 4.69) is 39.9 Å². The van der Waals surface area contributed by atoms with Gasteiger partial charge in [-0.25, -0.2) is 0 Å². The molecule has 0 aromatic rings. The Morgan fingerprint density at radius 1 is 0.303 bits per heavy atom. The second kappa shape index (κ2) is 30.9. The van der Waals surface area contributed by atoms with Crippen molar-refractivity contribution in [3.63, 3.8) is 0 Å². The van der Waals surface area contributed by atoms with Gasteiger partial charge in [0.2, 0.25) is 0 Å². The first-order valence-corrected chi connectivity index (χ1v) is 34.6. The maximum absolute atomic E-state index is 6.20. The van der Waals surface area contributed by atoms with Crippen LogP contribution in [0.2, 0.25) is 0 Å². The predicted molar refractivity (Wildman–Crippen MR) is 305 cm³/mol. The first-order valence-electron chi connectivity index (χ1n) is 22.4. The highest BCUT2D eigenvalue weighted by molar-refractivity contribution is 8.10. The lowest BCUT2D eigenvalue weighted by Crippen LogP contribution is -2.50. The van der Waals surface area contributed by atoms with Crippen LogP contribution in [0.25, 0.3) is 0 Å². The van der Waals surface area contributed by atoms with Gasteiger partial charge in [-0.2, -0.15) is 0 Å². The van der Waals surface area contributed by atoms with E-state index in [9.17, 15) is 0 Å². The van der Waals surface area contributed by atoms with Crippen molar-refractivity contribution >= 4 is 143 Å². The van der Waals surface area contributed by atoms with Crippen LogP contribution in [0.5, 0.6) is 0 Å². The summed E-state index contributed by atoms with van der Waals surface area (Å²) in [6, 6.07) is 0. The summed E-state index contributed by atoms with van der Waals surface area (Å²) >= 11 is 48.5. The van der Waals surface area contributed by atoms with Gasteiger partial charge in [-0.15, -0.1) is 0 Å². The van der Waals surface area contributed by atoms with Gasteiger partial charge in [0.15, 0.2) is 20.4 Å². The molecule has 0 bridgehead atoms. The highest BCUT2D eigenvalue weighted by Crippen LogP contribution is 2.49. The fourth-order valence-electron chi connectivity index (χ4n) is 5.93. The first kappa shape index (κ1) is 65.1. The van der Waals surface area contributed by atoms with Crippen LogP contribution in [-0.4, -0.2) is 141 Å². The molecule has 1 saturated heterocycles. The van der Waals surface area contributed by atoms with E-state index < -0.39 is 26.6 Å². The van der Waals surface area contributed by atoms with Gasteiger partial charge in [0.1, 0.15) is 0 Å². The Morgan fingerprint density at radius 2 is 0.439 bits per heavy atom. The van der Waals surface area contributed by atoms with Crippen LogP contribution in [0.15, 0.2) is 0 Å². The van der Waals surface area contributed by atoms with Gasteiger partial charge in [0.25, 0.3) is 26.6 Å². The molecule has 0 saturated carbocycles. The zero-order chi connectivity index (χ0) is 50.8. The molecule has 0 radical (unpaired) electrons. The lowest BCUT2D eigenvalue weighted by Gasteiger charge is -2.38. The third kappa shape index (κ3) is 27.2. The minimum Gasteiger partial charge on any atom is -0.347 e. The monoisotopic (exact) mass is 1160 g/mol. The molecule has 0 amide bonds. The summed E-state index contributed by atoms with van der Waals surface area (Å²) in [5, 5.41) is 14.9. The molecule has 1 rings (SSSR count). The van der Waals surface area contributed by atoms with Crippen molar-refractivity contribution in [2.45, 2.75) is 172 Å². The summed E-state index contributed by atoms with van der Waals surface area (Å²) in [6.07, 6.45) is -0.434. The van der Waals surface area contributed by atoms with E-state index in [1.54, 1.807) is 0 Å². The smallest absolute Gasteiger partial charge is 0.289 e. The Bertz CT molecular complexity index is 1460. The average Bonchev–Trinajstić information content (AvgIpc) is 3.08. The molecule has 4 N–H and O–H groups in total. The third-order valence-electron chi connectivity index (χ3n) is 7.87. The number of thiocarbonyl (C=S) groups is 4. The van der Waals surface area contributed by atoms with Gasteiger partial charge in [-0.05, 0) is 220 Å². The standard InChI is InChI=1S/C38H80N8O8P4S8/c1-27(2)47-55(63,48-28(3)4)39-35(59)43-19-17-20-45(37(61)41-57(65,51-31(9)10)52-32(11)12)25-26-46(38(62)42-58(66,53-33(13)14)54-34(15)16)22-18-21-44(24-23-43)36(60)40-56(64,49-29(5)6)50-30(7)8/h27-34H,17-26H2,1-16H3,(H,39,59,63)(H,40,60,64)(H,41,61,65)(H,42,62,66). The molecule has 28 heteroatoms. The molecule has 0 unspecified atom stereocenters. The van der Waals surface area contributed by atoms with E-state index in [1.807, 2.05) is 111 Å². The number of hydrogen-bond acceptors (Lipinski definition) is 16. The summed E-state index contributed by atoms with van der Waals surface area (Å²) in [7, 11) is 0. The SMILES string of the molecule is CC(C)OP(=S)(NC(=S)N1CCCN(C(=S)NP(=S)(OC(C)C)OC(C)C)CCN(C(=S)NP(=S)(OC(C)C)OC(C)C)CCCN(C(=S)NP(=S)(OC(C)C)OC(C)C)CC1)OC(C)C. The lowest BCUT2D eigenvalue weighted by molar-refractivity contribution is 0.169. The van der Waals surface area contributed by atoms with Gasteiger partial charge < -0.3 is 55.8 Å². The van der Waals surface area contributed by atoms with Crippen LogP contribution in [0.1, 0.15) is 124 Å². The van der Waals surface area contributed by atoms with Crippen molar-refractivity contribution in [3.8, 4) is 0 Å². The molecule has 1 heterocycles. The van der Waals surface area contributed by atoms with Crippen LogP contribution >= 0.6 is 75.4 Å². The lowest BCUT2D eigenvalue weighted by atomic mass is 10.3. The second-order valence-electron chi connectivity index (χ2n) is 17.5. The van der Waals surface area contributed by atoms with E-state index in [0.29, 0.717) is 85.6 Å². The Hall–Kier alpha value is 1.04. The van der Waals surface area contributed by atoms with Crippen molar-refractivity contribution in [2.75, 3.05) is 52.4 Å². The third-order valence-corrected chi connectivity index (χ3v) is 20.6. The molecule has 16 nitrogen and oxygen atoms in total. The van der Waals surface area contributed by atoms with Crippen molar-refractivity contribution in [1.29, 1.82) is 0 Å². The van der Waals surface area contributed by atoms with Gasteiger partial charge in [-0.3, -0.25) is 20.3 Å². The maximum atomic E-state index is 6.20. The highest BCUT2D eigenvalue weighted by Gasteiger charge is 2.32. The quantitative estimate of drug-likeness (QED) is 0.0680. The summed E-state index contributed by atoms with van der Waals surface area (Å²) in [6.45, 7) is 22.1. The van der Waals surface area contributed by atoms with Gasteiger partial charge in [0.05, 0.1) is 48.8 Å². The normalized spacial score (nSPS) is 16.0. The second-order valence-corrected chi connectivity index (χ2v) is 31.4. The zero-order valence-corrected chi connectivity index (χ0v) is 51.9. The van der Waals surface area contributed by atoms with E-state index in [0.717, 1.165) is 0 Å². The summed E-state index contributed by atoms with van der Waals surface area (Å²) in [4.78, 5) is 8.23. The summed E-state index contributed by atoms with van der Waals surface area (Å²) in [5.74, 6) is 0. The molecule has 0 aliphatic carbocycles. The van der Waals surface area contributed by atoms with Crippen LogP contribution in [-0.2, 0) is 83.4 Å². The summed E-state index contributed by atoms with van der Waals surface area (Å²) < 4.78 is 49.6. The molecule has 1 aliphatic rings. The average molecular weight is 1160 g/mol. The molecular formula is C38H80N8O8P4S8. The Morgan fingerprint density at radius 3 is 0.561 bits per heavy atom. The van der Waals surface area contributed by atoms with Crippen molar-refractivity contribution in [3.05, 3.63) is 0 Å². The molecule has 66 heavy (non-hydrogen) atoms. The van der Waals surface area contributed by atoms with Gasteiger partial charge >= 0.3 is 0 Å². The Balaban J connectivity index is 3.89. The number of nitrogens with zero attached hydrogens (tertiary/aromatic N) is 4. The molecule has 0 aromatic heterocycles. The van der Waals surface area contributed by atoms with Crippen LogP contribution in [0, 0.1) is 0 Å². The zero-order valence-electron chi connectivity index (χ0n) is 41.8. The topological polar surface area (TPSA) is 135 Å². The van der Waals surface area contributed by atoms with Gasteiger partial charge in [0, 0.05) is 52.4 Å². The Kier molecular flexibility index (Phi) is 30.5. The maximum Gasteiger partial charge on any atom is 0.289 e. The van der Waals surface area contributed by atoms with Crippen molar-refractivity contribution < 1.29 is 36.2 Å². The van der Waals surface area contributed by atoms with Crippen molar-refractivity contribution in [1.82, 2.24) is 39.9 Å². The number of hydrogen-bond donors (Lipinski definition) is 4.